The molecule has 0 saturated heterocycles. The number of hydrogen-bond donors (Lipinski definition) is 4. The predicted molar refractivity (Wildman–Crippen MR) is 106 cm³/mol. The molecule has 0 aliphatic carbocycles. The Morgan fingerprint density at radius 3 is 2.31 bits per heavy atom. The Bertz CT molecular complexity index is 1070. The van der Waals surface area contributed by atoms with Crippen LogP contribution >= 0.6 is 7.37 Å². The molecule has 2 aromatic rings. The number of nitrogens with one attached hydrogen (secondary N) is 1. The molecule has 3 atom stereocenters. The molecule has 0 fully saturated rings. The second-order valence-corrected chi connectivity index (χ2v) is 11.1. The van der Waals surface area contributed by atoms with E-state index in [0.717, 1.165) is 5.39 Å². The van der Waals surface area contributed by atoms with E-state index < -0.39 is 53.6 Å². The van der Waals surface area contributed by atoms with Gasteiger partial charge >= 0.3 is 11.9 Å². The number of rotatable bonds is 10. The largest absolute Gasteiger partial charge is 0.481 e. The zero-order valence-corrected chi connectivity index (χ0v) is 17.3. The van der Waals surface area contributed by atoms with Crippen LogP contribution in [-0.4, -0.2) is 47.4 Å². The number of carbonyl (C=O) groups is 2. The first-order valence-electron chi connectivity index (χ1n) is 8.69. The molecule has 0 radical (unpaired) electrons. The van der Waals surface area contributed by atoms with E-state index in [9.17, 15) is 32.6 Å². The van der Waals surface area contributed by atoms with Crippen molar-refractivity contribution >= 4 is 40.1 Å². The molecule has 0 heterocycles. The van der Waals surface area contributed by atoms with E-state index in [0.29, 0.717) is 5.39 Å². The Balaban J connectivity index is 2.18. The number of fused-ring (bicyclic) bond motifs is 1. The van der Waals surface area contributed by atoms with Crippen molar-refractivity contribution in [3.63, 3.8) is 0 Å². The van der Waals surface area contributed by atoms with Gasteiger partial charge in [-0.3, -0.25) is 14.2 Å². The van der Waals surface area contributed by atoms with Gasteiger partial charge in [-0.1, -0.05) is 30.3 Å². The molecule has 0 aliphatic heterocycles. The van der Waals surface area contributed by atoms with Crippen LogP contribution in [0.2, 0.25) is 0 Å². The summed E-state index contributed by atoms with van der Waals surface area (Å²) in [5.74, 6) is -5.47. The van der Waals surface area contributed by atoms with Gasteiger partial charge in [0.2, 0.25) is 17.4 Å². The van der Waals surface area contributed by atoms with Crippen LogP contribution in [0.5, 0.6) is 0 Å². The van der Waals surface area contributed by atoms with E-state index in [1.165, 1.54) is 19.1 Å². The van der Waals surface area contributed by atoms with Crippen LogP contribution in [0.3, 0.4) is 0 Å². The van der Waals surface area contributed by atoms with Crippen molar-refractivity contribution in [3.8, 4) is 0 Å². The molecule has 2 rings (SSSR count). The molecule has 29 heavy (non-hydrogen) atoms. The van der Waals surface area contributed by atoms with Crippen molar-refractivity contribution < 1.29 is 37.7 Å². The van der Waals surface area contributed by atoms with Crippen molar-refractivity contribution in [3.05, 3.63) is 42.5 Å². The third kappa shape index (κ3) is 6.11. The van der Waals surface area contributed by atoms with Gasteiger partial charge < -0.3 is 15.1 Å². The van der Waals surface area contributed by atoms with E-state index >= 15 is 0 Å². The molecule has 0 bridgehead atoms. The Labute approximate surface area is 167 Å². The molecule has 11 heteroatoms. The molecule has 0 aromatic heterocycles. The summed E-state index contributed by atoms with van der Waals surface area (Å²) in [7, 11) is -8.42. The van der Waals surface area contributed by atoms with E-state index in [1.807, 2.05) is 12.1 Å². The SMILES string of the molecule is C[C@@H](NS(=O)(=O)c1ccc2ccccc2c1)P(=O)(O)C[C@H](CCC(=O)O)C(=O)O. The summed E-state index contributed by atoms with van der Waals surface area (Å²) in [6.45, 7) is 1.18. The van der Waals surface area contributed by atoms with Gasteiger partial charge in [0.15, 0.2) is 0 Å². The fourth-order valence-corrected chi connectivity index (χ4v) is 6.25. The van der Waals surface area contributed by atoms with Crippen molar-refractivity contribution in [2.45, 2.75) is 30.4 Å². The monoisotopic (exact) mass is 443 g/mol. The average molecular weight is 443 g/mol. The molecule has 1 unspecified atom stereocenters. The standard InChI is InChI=1S/C18H22NO8PS/c1-12(28(24,25)11-15(18(22)23)7-9-17(20)21)19-29(26,27)16-8-6-13-4-2-3-5-14(13)10-16/h2-6,8,10,12,15,19H,7,9,11H2,1H3,(H,20,21)(H,22,23)(H,24,25)/t12-,15-/m0/s1. The molecule has 4 N–H and O–H groups in total. The third-order valence-corrected chi connectivity index (χ3v) is 8.52. The Kier molecular flexibility index (Phi) is 7.18. The lowest BCUT2D eigenvalue weighted by Crippen LogP contribution is -2.34. The lowest BCUT2D eigenvalue weighted by Gasteiger charge is -2.23. The van der Waals surface area contributed by atoms with E-state index in [4.69, 9.17) is 5.11 Å². The third-order valence-electron chi connectivity index (χ3n) is 4.50. The predicted octanol–water partition coefficient (Wildman–Crippen LogP) is 2.30. The van der Waals surface area contributed by atoms with Crippen LogP contribution < -0.4 is 4.72 Å². The lowest BCUT2D eigenvalue weighted by molar-refractivity contribution is -0.142. The number of carboxylic acid groups (broad SMARTS) is 2. The summed E-state index contributed by atoms with van der Waals surface area (Å²) in [6, 6.07) is 11.5. The summed E-state index contributed by atoms with van der Waals surface area (Å²) in [4.78, 5) is 32.1. The molecule has 158 valence electrons. The first-order chi connectivity index (χ1) is 13.4. The normalized spacial score (nSPS) is 16.1. The van der Waals surface area contributed by atoms with Gasteiger partial charge in [-0.15, -0.1) is 0 Å². The number of aliphatic carboxylic acids is 2. The van der Waals surface area contributed by atoms with Gasteiger partial charge in [-0.05, 0) is 36.2 Å². The highest BCUT2D eigenvalue weighted by molar-refractivity contribution is 7.90. The maximum atomic E-state index is 12.6. The Morgan fingerprint density at radius 2 is 1.72 bits per heavy atom. The molecule has 2 aromatic carbocycles. The highest BCUT2D eigenvalue weighted by Gasteiger charge is 2.36. The second-order valence-electron chi connectivity index (χ2n) is 6.71. The van der Waals surface area contributed by atoms with E-state index in [-0.39, 0.29) is 11.3 Å². The smallest absolute Gasteiger partial charge is 0.307 e. The van der Waals surface area contributed by atoms with Crippen LogP contribution in [0.4, 0.5) is 0 Å². The average Bonchev–Trinajstić information content (AvgIpc) is 2.63. The molecule has 0 aliphatic rings. The van der Waals surface area contributed by atoms with Crippen LogP contribution in [0, 0.1) is 5.92 Å². The van der Waals surface area contributed by atoms with Gasteiger partial charge in [0.1, 0.15) is 0 Å². The quantitative estimate of drug-likeness (QED) is 0.407. The highest BCUT2D eigenvalue weighted by atomic mass is 32.2. The molecule has 0 saturated carbocycles. The fourth-order valence-electron chi connectivity index (χ4n) is 2.77. The van der Waals surface area contributed by atoms with Gasteiger partial charge in [0, 0.05) is 12.6 Å². The first kappa shape index (κ1) is 23.0. The minimum absolute atomic E-state index is 0.0938. The molecule has 0 amide bonds. The van der Waals surface area contributed by atoms with Crippen LogP contribution in [-0.2, 0) is 24.2 Å². The topological polar surface area (TPSA) is 158 Å². The minimum atomic E-state index is -4.28. The molecule has 9 nitrogen and oxygen atoms in total. The fraction of sp³-hybridized carbons (Fsp3) is 0.333. The summed E-state index contributed by atoms with van der Waals surface area (Å²) in [6.07, 6.45) is -1.55. The maximum Gasteiger partial charge on any atom is 0.307 e. The highest BCUT2D eigenvalue weighted by Crippen LogP contribution is 2.47. The zero-order valence-electron chi connectivity index (χ0n) is 15.6. The van der Waals surface area contributed by atoms with Crippen LogP contribution in [0.25, 0.3) is 10.8 Å². The summed E-state index contributed by atoms with van der Waals surface area (Å²) in [5, 5.41) is 19.4. The molecular formula is C18H22NO8PS. The zero-order chi connectivity index (χ0) is 21.8. The van der Waals surface area contributed by atoms with Crippen molar-refractivity contribution in [1.29, 1.82) is 0 Å². The minimum Gasteiger partial charge on any atom is -0.481 e. The van der Waals surface area contributed by atoms with Crippen LogP contribution in [0.1, 0.15) is 19.8 Å². The summed E-state index contributed by atoms with van der Waals surface area (Å²) < 4.78 is 40.0. The van der Waals surface area contributed by atoms with Crippen molar-refractivity contribution in [2.75, 3.05) is 6.16 Å². The van der Waals surface area contributed by atoms with E-state index in [1.54, 1.807) is 18.2 Å². The number of sulfonamides is 1. The van der Waals surface area contributed by atoms with Gasteiger partial charge in [0.25, 0.3) is 0 Å². The van der Waals surface area contributed by atoms with Crippen LogP contribution in [0.15, 0.2) is 47.4 Å². The molecule has 0 spiro atoms. The molecular weight excluding hydrogens is 421 g/mol. The number of hydrogen-bond acceptors (Lipinski definition) is 5. The van der Waals surface area contributed by atoms with Gasteiger partial charge in [-0.2, -0.15) is 4.72 Å². The van der Waals surface area contributed by atoms with Gasteiger partial charge in [-0.25, -0.2) is 8.42 Å². The summed E-state index contributed by atoms with van der Waals surface area (Å²) >= 11 is 0. The number of benzene rings is 2. The first-order valence-corrected chi connectivity index (χ1v) is 12.1. The second kappa shape index (κ2) is 9.04. The van der Waals surface area contributed by atoms with Gasteiger partial charge in [0.05, 0.1) is 16.6 Å². The maximum absolute atomic E-state index is 12.6. The number of carboxylic acids is 2. The van der Waals surface area contributed by atoms with Crippen molar-refractivity contribution in [2.24, 2.45) is 5.92 Å². The summed E-state index contributed by atoms with van der Waals surface area (Å²) in [5.41, 5.74) is 0. The van der Waals surface area contributed by atoms with E-state index in [2.05, 4.69) is 4.72 Å². The Morgan fingerprint density at radius 1 is 1.10 bits per heavy atom. The lowest BCUT2D eigenvalue weighted by atomic mass is 10.1. The Hall–Kier alpha value is -2.26. The van der Waals surface area contributed by atoms with Crippen molar-refractivity contribution in [1.82, 2.24) is 4.72 Å².